The van der Waals surface area contributed by atoms with E-state index in [4.69, 9.17) is 4.74 Å². The third kappa shape index (κ3) is 2.84. The zero-order chi connectivity index (χ0) is 18.1. The zero-order valence-corrected chi connectivity index (χ0v) is 13.7. The second-order valence-corrected chi connectivity index (χ2v) is 5.75. The number of ketones is 2. The van der Waals surface area contributed by atoms with Gasteiger partial charge < -0.3 is 9.84 Å². The van der Waals surface area contributed by atoms with Crippen LogP contribution in [0.2, 0.25) is 0 Å². The molecule has 25 heavy (non-hydrogen) atoms. The molecule has 0 saturated carbocycles. The molecule has 0 spiro atoms. The molecule has 1 aliphatic carbocycles. The quantitative estimate of drug-likeness (QED) is 0.673. The number of rotatable bonds is 4. The molecule has 1 N–H and O–H groups in total. The second kappa shape index (κ2) is 6.35. The molecule has 0 bridgehead atoms. The summed E-state index contributed by atoms with van der Waals surface area (Å²) in [6.45, 7) is 0. The van der Waals surface area contributed by atoms with Crippen LogP contribution in [-0.2, 0) is 21.4 Å². The minimum atomic E-state index is -0.828. The Labute approximate surface area is 143 Å². The number of hydrogen-bond acceptors (Lipinski definition) is 6. The van der Waals surface area contributed by atoms with Crippen molar-refractivity contribution in [3.63, 3.8) is 0 Å². The Morgan fingerprint density at radius 3 is 2.52 bits per heavy atom. The highest BCUT2D eigenvalue weighted by molar-refractivity contribution is 6.52. The van der Waals surface area contributed by atoms with Crippen molar-refractivity contribution in [1.29, 1.82) is 0 Å². The van der Waals surface area contributed by atoms with Gasteiger partial charge in [-0.3, -0.25) is 19.1 Å². The average Bonchev–Trinajstić information content (AvgIpc) is 3.05. The van der Waals surface area contributed by atoms with E-state index in [0.717, 1.165) is 0 Å². The summed E-state index contributed by atoms with van der Waals surface area (Å²) in [7, 11) is 2.93. The molecule has 1 heterocycles. The highest BCUT2D eigenvalue weighted by Gasteiger charge is 2.38. The van der Waals surface area contributed by atoms with Gasteiger partial charge in [0.05, 0.1) is 25.3 Å². The summed E-state index contributed by atoms with van der Waals surface area (Å²) < 4.78 is 6.21. The van der Waals surface area contributed by atoms with E-state index in [0.29, 0.717) is 5.56 Å². The standard InChI is InChI=1S/C18H16N2O5/c1-20-9-10(8-19-20)13(7-14(21)25-2)15-16(22)11-5-3-4-6-12(11)17(23)18(15)24/h3-6,8-9,13,22H,7H2,1-2H3. The number of hydrogen-bond donors (Lipinski definition) is 1. The molecule has 0 radical (unpaired) electrons. The summed E-state index contributed by atoms with van der Waals surface area (Å²) in [5, 5.41) is 14.7. The highest BCUT2D eigenvalue weighted by atomic mass is 16.5. The fraction of sp³-hybridized carbons (Fsp3) is 0.222. The van der Waals surface area contributed by atoms with Crippen molar-refractivity contribution in [2.24, 2.45) is 7.05 Å². The van der Waals surface area contributed by atoms with E-state index < -0.39 is 23.5 Å². The molecule has 2 aromatic rings. The molecule has 1 aliphatic rings. The van der Waals surface area contributed by atoms with Crippen LogP contribution >= 0.6 is 0 Å². The number of aliphatic hydroxyl groups is 1. The van der Waals surface area contributed by atoms with Crippen molar-refractivity contribution >= 4 is 23.3 Å². The lowest BCUT2D eigenvalue weighted by Crippen LogP contribution is -2.28. The van der Waals surface area contributed by atoms with E-state index in [1.54, 1.807) is 31.4 Å². The lowest BCUT2D eigenvalue weighted by molar-refractivity contribution is -0.140. The fourth-order valence-corrected chi connectivity index (χ4v) is 2.96. The van der Waals surface area contributed by atoms with Crippen LogP contribution < -0.4 is 0 Å². The predicted molar refractivity (Wildman–Crippen MR) is 87.9 cm³/mol. The van der Waals surface area contributed by atoms with Gasteiger partial charge in [-0.15, -0.1) is 0 Å². The molecule has 0 aliphatic heterocycles. The van der Waals surface area contributed by atoms with Crippen LogP contribution in [0.1, 0.15) is 33.8 Å². The van der Waals surface area contributed by atoms with Crippen LogP contribution in [0.4, 0.5) is 0 Å². The Kier molecular flexibility index (Phi) is 4.22. The van der Waals surface area contributed by atoms with E-state index in [1.807, 2.05) is 0 Å². The van der Waals surface area contributed by atoms with Gasteiger partial charge in [-0.1, -0.05) is 24.3 Å². The molecule has 1 unspecified atom stereocenters. The summed E-state index contributed by atoms with van der Waals surface area (Å²) in [4.78, 5) is 36.9. The molecule has 1 aromatic heterocycles. The van der Waals surface area contributed by atoms with Gasteiger partial charge in [-0.2, -0.15) is 5.10 Å². The molecular formula is C18H16N2O5. The Balaban J connectivity index is 2.18. The Morgan fingerprint density at radius 2 is 1.92 bits per heavy atom. The topological polar surface area (TPSA) is 98.5 Å². The third-order valence-corrected chi connectivity index (χ3v) is 4.21. The van der Waals surface area contributed by atoms with Crippen LogP contribution in [0.3, 0.4) is 0 Å². The van der Waals surface area contributed by atoms with E-state index in [9.17, 15) is 19.5 Å². The maximum Gasteiger partial charge on any atom is 0.306 e. The number of allylic oxidation sites excluding steroid dienone is 1. The first-order valence-corrected chi connectivity index (χ1v) is 7.61. The Bertz CT molecular complexity index is 910. The van der Waals surface area contributed by atoms with Crippen LogP contribution in [0.25, 0.3) is 5.76 Å². The number of aliphatic hydroxyl groups excluding tert-OH is 1. The van der Waals surface area contributed by atoms with E-state index in [-0.39, 0.29) is 28.9 Å². The molecule has 3 rings (SSSR count). The lowest BCUT2D eigenvalue weighted by atomic mass is 9.79. The smallest absolute Gasteiger partial charge is 0.306 e. The molecular weight excluding hydrogens is 324 g/mol. The first-order valence-electron chi connectivity index (χ1n) is 7.61. The van der Waals surface area contributed by atoms with Gasteiger partial charge in [0.2, 0.25) is 11.6 Å². The van der Waals surface area contributed by atoms with Crippen LogP contribution in [0.15, 0.2) is 42.2 Å². The molecule has 128 valence electrons. The van der Waals surface area contributed by atoms with Crippen molar-refractivity contribution < 1.29 is 24.2 Å². The van der Waals surface area contributed by atoms with Gasteiger partial charge in [0.1, 0.15) is 5.76 Å². The van der Waals surface area contributed by atoms with Crippen molar-refractivity contribution in [2.75, 3.05) is 7.11 Å². The molecule has 0 saturated heterocycles. The van der Waals surface area contributed by atoms with Crippen molar-refractivity contribution in [3.05, 3.63) is 58.9 Å². The maximum absolute atomic E-state index is 12.6. The number of carbonyl (C=O) groups excluding carboxylic acids is 3. The number of Topliss-reactive ketones (excluding diaryl/α,β-unsaturated/α-hetero) is 2. The minimum Gasteiger partial charge on any atom is -0.507 e. The predicted octanol–water partition coefficient (Wildman–Crippen LogP) is 1.80. The number of nitrogens with zero attached hydrogens (tertiary/aromatic N) is 2. The van der Waals surface area contributed by atoms with Gasteiger partial charge in [0.25, 0.3) is 0 Å². The van der Waals surface area contributed by atoms with Gasteiger partial charge in [-0.05, 0) is 5.56 Å². The highest BCUT2D eigenvalue weighted by Crippen LogP contribution is 2.38. The van der Waals surface area contributed by atoms with Gasteiger partial charge in [0, 0.05) is 30.3 Å². The number of esters is 1. The third-order valence-electron chi connectivity index (χ3n) is 4.21. The number of methoxy groups -OCH3 is 1. The van der Waals surface area contributed by atoms with E-state index in [2.05, 4.69) is 5.10 Å². The summed E-state index contributed by atoms with van der Waals surface area (Å²) in [5.41, 5.74) is 0.856. The van der Waals surface area contributed by atoms with Crippen LogP contribution in [0, 0.1) is 0 Å². The van der Waals surface area contributed by atoms with Crippen LogP contribution in [0.5, 0.6) is 0 Å². The monoisotopic (exact) mass is 340 g/mol. The van der Waals surface area contributed by atoms with Crippen molar-refractivity contribution in [2.45, 2.75) is 12.3 Å². The Morgan fingerprint density at radius 1 is 1.24 bits per heavy atom. The van der Waals surface area contributed by atoms with E-state index >= 15 is 0 Å². The number of aromatic nitrogens is 2. The van der Waals surface area contributed by atoms with Crippen molar-refractivity contribution in [1.82, 2.24) is 9.78 Å². The summed E-state index contributed by atoms with van der Waals surface area (Å²) >= 11 is 0. The largest absolute Gasteiger partial charge is 0.507 e. The first-order chi connectivity index (χ1) is 11.9. The first kappa shape index (κ1) is 16.6. The molecule has 7 nitrogen and oxygen atoms in total. The fourth-order valence-electron chi connectivity index (χ4n) is 2.96. The maximum atomic E-state index is 12.6. The number of aryl methyl sites for hydroxylation is 1. The van der Waals surface area contributed by atoms with Gasteiger partial charge in [0.15, 0.2) is 0 Å². The molecule has 0 fully saturated rings. The lowest BCUT2D eigenvalue weighted by Gasteiger charge is -2.23. The van der Waals surface area contributed by atoms with Crippen LogP contribution in [-0.4, -0.2) is 39.5 Å². The average molecular weight is 340 g/mol. The molecule has 7 heteroatoms. The second-order valence-electron chi connectivity index (χ2n) is 5.75. The Hall–Kier alpha value is -3.22. The molecule has 1 aromatic carbocycles. The zero-order valence-electron chi connectivity index (χ0n) is 13.7. The number of benzene rings is 1. The summed E-state index contributed by atoms with van der Waals surface area (Å²) in [5.74, 6) is -3.21. The summed E-state index contributed by atoms with van der Waals surface area (Å²) in [6, 6.07) is 6.33. The normalized spacial score (nSPS) is 15.1. The number of carbonyl (C=O) groups is 3. The minimum absolute atomic E-state index is 0.109. The molecule has 1 atom stereocenters. The number of fused-ring (bicyclic) bond motifs is 1. The number of ether oxygens (including phenoxy) is 1. The summed E-state index contributed by atoms with van der Waals surface area (Å²) in [6.07, 6.45) is 2.93. The van der Waals surface area contributed by atoms with Gasteiger partial charge in [-0.25, -0.2) is 0 Å². The van der Waals surface area contributed by atoms with E-state index in [1.165, 1.54) is 24.1 Å². The SMILES string of the molecule is COC(=O)CC(C1=C(O)c2ccccc2C(=O)C1=O)c1cnn(C)c1. The van der Waals surface area contributed by atoms with Gasteiger partial charge >= 0.3 is 5.97 Å². The molecule has 0 amide bonds. The van der Waals surface area contributed by atoms with Crippen molar-refractivity contribution in [3.8, 4) is 0 Å².